The molecule has 0 aromatic heterocycles. The Morgan fingerprint density at radius 3 is 1.57 bits per heavy atom. The normalized spacial score (nSPS) is 13.4. The number of carbonyl (C=O) groups excluding carboxylic acids is 1. The van der Waals surface area contributed by atoms with Crippen LogP contribution in [-0.4, -0.2) is 58.0 Å². The Labute approximate surface area is 186 Å². The molecule has 0 aromatic carbocycles. The van der Waals surface area contributed by atoms with Crippen LogP contribution >= 0.6 is 0 Å². The summed E-state index contributed by atoms with van der Waals surface area (Å²) in [6.07, 6.45) is 18.2. The van der Waals surface area contributed by atoms with Gasteiger partial charge in [-0.1, -0.05) is 110 Å². The van der Waals surface area contributed by atoms with Gasteiger partial charge in [0.15, 0.2) is 0 Å². The standard InChI is InChI=1S/C25H51NO4/c1-3-5-7-8-9-10-11-12-13-14-15-16-17-18-20-26(21-23(28)22-27)25(30)24(29)19-6-4-2/h23-24,27-29H,3-22H2,1-2H3. The summed E-state index contributed by atoms with van der Waals surface area (Å²) in [6, 6.07) is 0. The molecule has 0 radical (unpaired) electrons. The molecule has 0 aliphatic carbocycles. The molecule has 2 atom stereocenters. The fourth-order valence-electron chi connectivity index (χ4n) is 3.83. The first-order valence-electron chi connectivity index (χ1n) is 12.8. The van der Waals surface area contributed by atoms with Crippen molar-refractivity contribution < 1.29 is 20.1 Å². The highest BCUT2D eigenvalue weighted by atomic mass is 16.3. The highest BCUT2D eigenvalue weighted by Gasteiger charge is 2.23. The molecule has 30 heavy (non-hydrogen) atoms. The molecule has 180 valence electrons. The second-order valence-corrected chi connectivity index (χ2v) is 8.87. The zero-order chi connectivity index (χ0) is 22.5. The molecular weight excluding hydrogens is 378 g/mol. The lowest BCUT2D eigenvalue weighted by Crippen LogP contribution is -2.44. The van der Waals surface area contributed by atoms with Gasteiger partial charge in [0, 0.05) is 13.1 Å². The minimum Gasteiger partial charge on any atom is -0.394 e. The van der Waals surface area contributed by atoms with Gasteiger partial charge in [0.2, 0.25) is 0 Å². The van der Waals surface area contributed by atoms with E-state index in [-0.39, 0.29) is 19.1 Å². The van der Waals surface area contributed by atoms with Crippen LogP contribution < -0.4 is 0 Å². The number of amides is 1. The van der Waals surface area contributed by atoms with Crippen molar-refractivity contribution in [2.75, 3.05) is 19.7 Å². The van der Waals surface area contributed by atoms with Gasteiger partial charge < -0.3 is 20.2 Å². The third-order valence-corrected chi connectivity index (χ3v) is 5.85. The average Bonchev–Trinajstić information content (AvgIpc) is 2.76. The van der Waals surface area contributed by atoms with Gasteiger partial charge in [-0.25, -0.2) is 0 Å². The van der Waals surface area contributed by atoms with Crippen LogP contribution in [0, 0.1) is 0 Å². The first kappa shape index (κ1) is 29.4. The molecule has 0 bridgehead atoms. The van der Waals surface area contributed by atoms with Gasteiger partial charge in [-0.2, -0.15) is 0 Å². The average molecular weight is 430 g/mol. The van der Waals surface area contributed by atoms with Crippen LogP contribution in [0.4, 0.5) is 0 Å². The van der Waals surface area contributed by atoms with Gasteiger partial charge in [0.05, 0.1) is 12.7 Å². The van der Waals surface area contributed by atoms with Crippen LogP contribution in [0.1, 0.15) is 123 Å². The van der Waals surface area contributed by atoms with E-state index in [1.54, 1.807) is 0 Å². The summed E-state index contributed by atoms with van der Waals surface area (Å²) in [5.74, 6) is -0.314. The number of aliphatic hydroxyl groups excluding tert-OH is 3. The topological polar surface area (TPSA) is 81.0 Å². The van der Waals surface area contributed by atoms with Gasteiger partial charge in [-0.3, -0.25) is 4.79 Å². The van der Waals surface area contributed by atoms with E-state index >= 15 is 0 Å². The Balaban J connectivity index is 3.81. The second-order valence-electron chi connectivity index (χ2n) is 8.87. The number of rotatable bonds is 22. The van der Waals surface area contributed by atoms with E-state index in [0.29, 0.717) is 13.0 Å². The summed E-state index contributed by atoms with van der Waals surface area (Å²) in [7, 11) is 0. The van der Waals surface area contributed by atoms with Gasteiger partial charge in [-0.05, 0) is 12.8 Å². The summed E-state index contributed by atoms with van der Waals surface area (Å²) in [5.41, 5.74) is 0. The Hall–Kier alpha value is -0.650. The molecule has 0 spiro atoms. The number of unbranched alkanes of at least 4 members (excludes halogenated alkanes) is 14. The lowest BCUT2D eigenvalue weighted by Gasteiger charge is -2.27. The molecule has 2 unspecified atom stereocenters. The lowest BCUT2D eigenvalue weighted by molar-refractivity contribution is -0.142. The van der Waals surface area contributed by atoms with Crippen LogP contribution in [-0.2, 0) is 4.79 Å². The van der Waals surface area contributed by atoms with Crippen molar-refractivity contribution in [3.05, 3.63) is 0 Å². The van der Waals surface area contributed by atoms with Crippen molar-refractivity contribution in [3.63, 3.8) is 0 Å². The van der Waals surface area contributed by atoms with Gasteiger partial charge in [0.25, 0.3) is 5.91 Å². The van der Waals surface area contributed by atoms with E-state index in [4.69, 9.17) is 5.11 Å². The van der Waals surface area contributed by atoms with Crippen LogP contribution in [0.2, 0.25) is 0 Å². The highest BCUT2D eigenvalue weighted by molar-refractivity contribution is 5.80. The summed E-state index contributed by atoms with van der Waals surface area (Å²) in [4.78, 5) is 14.0. The zero-order valence-corrected chi connectivity index (χ0v) is 20.0. The monoisotopic (exact) mass is 429 g/mol. The van der Waals surface area contributed by atoms with Gasteiger partial charge >= 0.3 is 0 Å². The molecule has 0 fully saturated rings. The van der Waals surface area contributed by atoms with Crippen LogP contribution in [0.3, 0.4) is 0 Å². The van der Waals surface area contributed by atoms with E-state index in [9.17, 15) is 15.0 Å². The third-order valence-electron chi connectivity index (χ3n) is 5.85. The molecule has 3 N–H and O–H groups in total. The number of aliphatic hydroxyl groups is 3. The van der Waals surface area contributed by atoms with Crippen molar-refractivity contribution >= 4 is 5.91 Å². The third kappa shape index (κ3) is 17.1. The first-order valence-corrected chi connectivity index (χ1v) is 12.8. The van der Waals surface area contributed by atoms with E-state index in [2.05, 4.69) is 6.92 Å². The van der Waals surface area contributed by atoms with Gasteiger partial charge in [-0.15, -0.1) is 0 Å². The molecule has 0 saturated heterocycles. The summed E-state index contributed by atoms with van der Waals surface area (Å²) in [5, 5.41) is 28.9. The Morgan fingerprint density at radius 1 is 0.700 bits per heavy atom. The maximum Gasteiger partial charge on any atom is 0.251 e. The fourth-order valence-corrected chi connectivity index (χ4v) is 3.83. The fraction of sp³-hybridized carbons (Fsp3) is 0.960. The molecule has 0 aliphatic rings. The van der Waals surface area contributed by atoms with Crippen LogP contribution in [0.5, 0.6) is 0 Å². The summed E-state index contributed by atoms with van der Waals surface area (Å²) >= 11 is 0. The number of carbonyl (C=O) groups is 1. The van der Waals surface area contributed by atoms with Crippen LogP contribution in [0.15, 0.2) is 0 Å². The van der Waals surface area contributed by atoms with E-state index in [0.717, 1.165) is 25.7 Å². The summed E-state index contributed by atoms with van der Waals surface area (Å²) in [6.45, 7) is 4.55. The minimum absolute atomic E-state index is 0.0942. The first-order chi connectivity index (χ1) is 14.6. The van der Waals surface area contributed by atoms with Crippen molar-refractivity contribution in [1.29, 1.82) is 0 Å². The Morgan fingerprint density at radius 2 is 1.13 bits per heavy atom. The molecule has 0 rings (SSSR count). The number of hydrogen-bond acceptors (Lipinski definition) is 4. The number of nitrogens with zero attached hydrogens (tertiary/aromatic N) is 1. The van der Waals surface area contributed by atoms with Crippen molar-refractivity contribution in [2.45, 2.75) is 135 Å². The van der Waals surface area contributed by atoms with Crippen molar-refractivity contribution in [3.8, 4) is 0 Å². The summed E-state index contributed by atoms with van der Waals surface area (Å²) < 4.78 is 0. The van der Waals surface area contributed by atoms with Crippen molar-refractivity contribution in [1.82, 2.24) is 4.90 Å². The van der Waals surface area contributed by atoms with Gasteiger partial charge in [0.1, 0.15) is 6.10 Å². The quantitative estimate of drug-likeness (QED) is 0.207. The van der Waals surface area contributed by atoms with E-state index in [1.807, 2.05) is 6.92 Å². The smallest absolute Gasteiger partial charge is 0.251 e. The van der Waals surface area contributed by atoms with E-state index < -0.39 is 12.2 Å². The predicted molar refractivity (Wildman–Crippen MR) is 126 cm³/mol. The predicted octanol–water partition coefficient (Wildman–Crippen LogP) is 5.20. The second kappa shape index (κ2) is 21.6. The molecule has 0 heterocycles. The largest absolute Gasteiger partial charge is 0.394 e. The molecule has 5 heteroatoms. The minimum atomic E-state index is -0.998. The Bertz CT molecular complexity index is 378. The Kier molecular flexibility index (Phi) is 21.1. The molecule has 1 amide bonds. The maximum atomic E-state index is 12.4. The van der Waals surface area contributed by atoms with Crippen LogP contribution in [0.25, 0.3) is 0 Å². The van der Waals surface area contributed by atoms with Crippen molar-refractivity contribution in [2.24, 2.45) is 0 Å². The lowest BCUT2D eigenvalue weighted by atomic mass is 10.0. The SMILES string of the molecule is CCCCCCCCCCCCCCCCN(CC(O)CO)C(=O)C(O)CCCC. The number of hydrogen-bond donors (Lipinski definition) is 3. The molecule has 0 aliphatic heterocycles. The van der Waals surface area contributed by atoms with E-state index in [1.165, 1.54) is 81.9 Å². The maximum absolute atomic E-state index is 12.4. The molecule has 5 nitrogen and oxygen atoms in total. The highest BCUT2D eigenvalue weighted by Crippen LogP contribution is 2.13. The molecule has 0 saturated carbocycles. The molecular formula is C25H51NO4. The zero-order valence-electron chi connectivity index (χ0n) is 20.0. The molecule has 0 aromatic rings.